The van der Waals surface area contributed by atoms with Crippen molar-refractivity contribution >= 4 is 29.1 Å². The molecule has 1 aliphatic heterocycles. The largest absolute Gasteiger partial charge is 0.337 e. The topological polar surface area (TPSA) is 63.7 Å². The van der Waals surface area contributed by atoms with Crippen LogP contribution in [0.3, 0.4) is 0 Å². The molecule has 0 aliphatic carbocycles. The number of nitrogens with zero attached hydrogens (tertiary/aromatic N) is 1. The zero-order valence-electron chi connectivity index (χ0n) is 8.34. The number of carbonyl (C=O) groups is 3. The minimum Gasteiger partial charge on any atom is -0.330 e. The van der Waals surface area contributed by atoms with E-state index in [-0.39, 0.29) is 19.3 Å². The molecule has 1 saturated heterocycles. The average Bonchev–Trinajstić information content (AvgIpc) is 2.83. The van der Waals surface area contributed by atoms with Gasteiger partial charge in [-0.2, -0.15) is 11.3 Å². The van der Waals surface area contributed by atoms with E-state index in [1.54, 1.807) is 6.07 Å². The van der Waals surface area contributed by atoms with E-state index in [0.29, 0.717) is 5.06 Å². The summed E-state index contributed by atoms with van der Waals surface area (Å²) in [4.78, 5) is 38.4. The van der Waals surface area contributed by atoms with Crippen LogP contribution in [0.5, 0.6) is 0 Å². The minimum atomic E-state index is -0.595. The standard InChI is InChI=1S/C10H9NO4S/c12-8-1-2-9(13)11(8)15-10(14)5-7-3-4-16-6-7/h3-4,6H,1-2,5H2. The van der Waals surface area contributed by atoms with Crippen LogP contribution in [0, 0.1) is 0 Å². The zero-order chi connectivity index (χ0) is 11.5. The van der Waals surface area contributed by atoms with Gasteiger partial charge < -0.3 is 4.84 Å². The fraction of sp³-hybridized carbons (Fsp3) is 0.300. The third-order valence-electron chi connectivity index (χ3n) is 2.13. The molecule has 1 aromatic rings. The second-order valence-corrected chi connectivity index (χ2v) is 4.13. The first-order chi connectivity index (χ1) is 7.66. The average molecular weight is 239 g/mol. The Hall–Kier alpha value is -1.69. The first kappa shape index (κ1) is 10.8. The molecule has 2 amide bonds. The highest BCUT2D eigenvalue weighted by Crippen LogP contribution is 2.13. The van der Waals surface area contributed by atoms with E-state index in [4.69, 9.17) is 4.84 Å². The summed E-state index contributed by atoms with van der Waals surface area (Å²) in [5.41, 5.74) is 0.814. The summed E-state index contributed by atoms with van der Waals surface area (Å²) in [6.07, 6.45) is 0.301. The quantitative estimate of drug-likeness (QED) is 0.735. The number of hydrogen-bond acceptors (Lipinski definition) is 5. The molecule has 0 N–H and O–H groups in total. The molecule has 0 unspecified atom stereocenters. The van der Waals surface area contributed by atoms with E-state index in [9.17, 15) is 14.4 Å². The highest BCUT2D eigenvalue weighted by Gasteiger charge is 2.32. The molecule has 84 valence electrons. The number of rotatable bonds is 3. The van der Waals surface area contributed by atoms with Gasteiger partial charge in [-0.05, 0) is 22.4 Å². The van der Waals surface area contributed by atoms with Crippen LogP contribution in [-0.2, 0) is 25.6 Å². The highest BCUT2D eigenvalue weighted by molar-refractivity contribution is 7.07. The maximum absolute atomic E-state index is 11.4. The lowest BCUT2D eigenvalue weighted by molar-refractivity contribution is -0.197. The Labute approximate surface area is 95.6 Å². The van der Waals surface area contributed by atoms with Crippen molar-refractivity contribution in [2.75, 3.05) is 0 Å². The summed E-state index contributed by atoms with van der Waals surface area (Å²) in [6.45, 7) is 0. The molecule has 0 saturated carbocycles. The lowest BCUT2D eigenvalue weighted by Crippen LogP contribution is -2.32. The van der Waals surface area contributed by atoms with Crippen molar-refractivity contribution in [3.63, 3.8) is 0 Å². The van der Waals surface area contributed by atoms with E-state index in [0.717, 1.165) is 5.56 Å². The van der Waals surface area contributed by atoms with E-state index in [2.05, 4.69) is 0 Å². The van der Waals surface area contributed by atoms with E-state index >= 15 is 0 Å². The predicted molar refractivity (Wildman–Crippen MR) is 55.2 cm³/mol. The number of thiophene rings is 1. The number of imide groups is 1. The molecule has 16 heavy (non-hydrogen) atoms. The van der Waals surface area contributed by atoms with Gasteiger partial charge in [0.1, 0.15) is 0 Å². The van der Waals surface area contributed by atoms with Crippen LogP contribution in [0.1, 0.15) is 18.4 Å². The molecule has 2 heterocycles. The first-order valence-corrected chi connectivity index (χ1v) is 5.69. The summed E-state index contributed by atoms with van der Waals surface area (Å²) < 4.78 is 0. The Morgan fingerprint density at radius 2 is 2.06 bits per heavy atom. The van der Waals surface area contributed by atoms with E-state index in [1.165, 1.54) is 11.3 Å². The molecule has 0 bridgehead atoms. The van der Waals surface area contributed by atoms with Crippen LogP contribution >= 0.6 is 11.3 Å². The molecule has 0 atom stereocenters. The third-order valence-corrected chi connectivity index (χ3v) is 2.86. The van der Waals surface area contributed by atoms with Gasteiger partial charge in [0.25, 0.3) is 11.8 Å². The lowest BCUT2D eigenvalue weighted by atomic mass is 10.2. The van der Waals surface area contributed by atoms with Crippen molar-refractivity contribution in [3.05, 3.63) is 22.4 Å². The summed E-state index contributed by atoms with van der Waals surface area (Å²) in [6, 6.07) is 1.79. The van der Waals surface area contributed by atoms with Crippen molar-refractivity contribution in [2.24, 2.45) is 0 Å². The molecule has 5 nitrogen and oxygen atoms in total. The van der Waals surface area contributed by atoms with Crippen LogP contribution in [0.2, 0.25) is 0 Å². The predicted octanol–water partition coefficient (Wildman–Crippen LogP) is 0.898. The van der Waals surface area contributed by atoms with Gasteiger partial charge >= 0.3 is 5.97 Å². The minimum absolute atomic E-state index is 0.0700. The van der Waals surface area contributed by atoms with Crippen LogP contribution in [0.4, 0.5) is 0 Å². The number of hydrogen-bond donors (Lipinski definition) is 0. The van der Waals surface area contributed by atoms with Gasteiger partial charge in [0.15, 0.2) is 0 Å². The Bertz CT molecular complexity index is 410. The molecular weight excluding hydrogens is 230 g/mol. The van der Waals surface area contributed by atoms with Crippen molar-refractivity contribution in [1.82, 2.24) is 5.06 Å². The molecule has 1 fully saturated rings. The molecular formula is C10H9NO4S. The number of amides is 2. The fourth-order valence-corrected chi connectivity index (χ4v) is 2.02. The summed E-state index contributed by atoms with van der Waals surface area (Å²) >= 11 is 1.47. The number of hydroxylamine groups is 2. The third kappa shape index (κ3) is 2.27. The van der Waals surface area contributed by atoms with Gasteiger partial charge in [-0.1, -0.05) is 0 Å². The van der Waals surface area contributed by atoms with Crippen LogP contribution in [0.25, 0.3) is 0 Å². The van der Waals surface area contributed by atoms with Crippen LogP contribution < -0.4 is 0 Å². The van der Waals surface area contributed by atoms with Crippen LogP contribution in [0.15, 0.2) is 16.8 Å². The Morgan fingerprint density at radius 1 is 1.38 bits per heavy atom. The van der Waals surface area contributed by atoms with Crippen molar-refractivity contribution in [3.8, 4) is 0 Å². The normalized spacial score (nSPS) is 15.6. The van der Waals surface area contributed by atoms with Gasteiger partial charge in [-0.25, -0.2) is 4.79 Å². The molecule has 0 radical (unpaired) electrons. The van der Waals surface area contributed by atoms with E-state index < -0.39 is 17.8 Å². The second-order valence-electron chi connectivity index (χ2n) is 3.35. The summed E-state index contributed by atoms with van der Waals surface area (Å²) in [5.74, 6) is -1.51. The van der Waals surface area contributed by atoms with Gasteiger partial charge in [0.2, 0.25) is 0 Å². The van der Waals surface area contributed by atoms with Gasteiger partial charge in [-0.3, -0.25) is 9.59 Å². The SMILES string of the molecule is O=C(Cc1ccsc1)ON1C(=O)CCC1=O. The summed E-state index contributed by atoms with van der Waals surface area (Å²) in [7, 11) is 0. The van der Waals surface area contributed by atoms with Gasteiger partial charge in [-0.15, -0.1) is 5.06 Å². The fourth-order valence-electron chi connectivity index (χ4n) is 1.35. The molecule has 0 spiro atoms. The Morgan fingerprint density at radius 3 is 2.62 bits per heavy atom. The van der Waals surface area contributed by atoms with Gasteiger partial charge in [0.05, 0.1) is 6.42 Å². The zero-order valence-corrected chi connectivity index (χ0v) is 9.16. The smallest absolute Gasteiger partial charge is 0.330 e. The maximum atomic E-state index is 11.4. The molecule has 6 heteroatoms. The first-order valence-electron chi connectivity index (χ1n) is 4.74. The monoisotopic (exact) mass is 239 g/mol. The molecule has 1 aromatic heterocycles. The lowest BCUT2D eigenvalue weighted by Gasteiger charge is -2.11. The molecule has 1 aliphatic rings. The number of carbonyl (C=O) groups excluding carboxylic acids is 3. The van der Waals surface area contributed by atoms with Crippen molar-refractivity contribution in [2.45, 2.75) is 19.3 Å². The maximum Gasteiger partial charge on any atom is 0.337 e. The summed E-state index contributed by atoms with van der Waals surface area (Å²) in [5, 5.41) is 4.22. The van der Waals surface area contributed by atoms with Crippen LogP contribution in [-0.4, -0.2) is 22.8 Å². The van der Waals surface area contributed by atoms with Crippen molar-refractivity contribution < 1.29 is 19.2 Å². The van der Waals surface area contributed by atoms with E-state index in [1.807, 2.05) is 10.8 Å². The highest BCUT2D eigenvalue weighted by atomic mass is 32.1. The van der Waals surface area contributed by atoms with Crippen molar-refractivity contribution in [1.29, 1.82) is 0 Å². The molecule has 2 rings (SSSR count). The van der Waals surface area contributed by atoms with Gasteiger partial charge in [0, 0.05) is 12.8 Å². The Balaban J connectivity index is 1.92. The Kier molecular flexibility index (Phi) is 3.00. The molecule has 0 aromatic carbocycles. The second kappa shape index (κ2) is 4.44.